The molecule has 0 saturated carbocycles. The molecule has 0 aromatic heterocycles. The summed E-state index contributed by atoms with van der Waals surface area (Å²) in [6.07, 6.45) is 4.84. The van der Waals surface area contributed by atoms with Crippen molar-refractivity contribution < 1.29 is 24.0 Å². The number of benzene rings is 1. The summed E-state index contributed by atoms with van der Waals surface area (Å²) >= 11 is 1.51. The SMILES string of the molecule is CC[C@H](C)[C@H](NC(=O)[C@H](Cc1ccccc1)NC(=O)[C@@H](N)CCCCN)C(=O)NCC(=O)N[C@@H](CCSC)C(N)=O. The van der Waals surface area contributed by atoms with Gasteiger partial charge < -0.3 is 38.5 Å². The Labute approximate surface area is 247 Å². The Bertz CT molecular complexity index is 982. The molecule has 1 aromatic carbocycles. The van der Waals surface area contributed by atoms with Gasteiger partial charge in [-0.15, -0.1) is 0 Å². The first-order valence-corrected chi connectivity index (χ1v) is 15.4. The van der Waals surface area contributed by atoms with Gasteiger partial charge >= 0.3 is 0 Å². The molecule has 5 amide bonds. The lowest BCUT2D eigenvalue weighted by Gasteiger charge is -2.27. The lowest BCUT2D eigenvalue weighted by molar-refractivity contribution is -0.134. The lowest BCUT2D eigenvalue weighted by Crippen LogP contribution is -2.58. The number of thioether (sulfide) groups is 1. The molecule has 0 radical (unpaired) electrons. The molecule has 1 aromatic rings. The molecule has 5 atom stereocenters. The van der Waals surface area contributed by atoms with Crippen molar-refractivity contribution in [3.63, 3.8) is 0 Å². The zero-order valence-corrected chi connectivity index (χ0v) is 25.1. The van der Waals surface area contributed by atoms with Gasteiger partial charge in [-0.25, -0.2) is 0 Å². The van der Waals surface area contributed by atoms with E-state index in [0.717, 1.165) is 12.0 Å². The summed E-state index contributed by atoms with van der Waals surface area (Å²) in [7, 11) is 0. The summed E-state index contributed by atoms with van der Waals surface area (Å²) in [5.74, 6) is -2.47. The smallest absolute Gasteiger partial charge is 0.243 e. The fraction of sp³-hybridized carbons (Fsp3) is 0.607. The molecule has 0 unspecified atom stereocenters. The van der Waals surface area contributed by atoms with Crippen molar-refractivity contribution in [2.75, 3.05) is 25.1 Å². The van der Waals surface area contributed by atoms with Crippen LogP contribution in [0.4, 0.5) is 0 Å². The first-order valence-electron chi connectivity index (χ1n) is 14.0. The van der Waals surface area contributed by atoms with E-state index in [1.807, 2.05) is 43.5 Å². The van der Waals surface area contributed by atoms with Gasteiger partial charge in [0.1, 0.15) is 18.1 Å². The van der Waals surface area contributed by atoms with Gasteiger partial charge in [0.2, 0.25) is 29.5 Å². The number of nitrogens with two attached hydrogens (primary N) is 3. The van der Waals surface area contributed by atoms with Gasteiger partial charge in [-0.1, -0.05) is 57.0 Å². The molecule has 41 heavy (non-hydrogen) atoms. The van der Waals surface area contributed by atoms with Crippen molar-refractivity contribution in [3.05, 3.63) is 35.9 Å². The molecule has 0 aliphatic carbocycles. The summed E-state index contributed by atoms with van der Waals surface area (Å²) in [5.41, 5.74) is 17.8. The number of unbranched alkanes of at least 4 members (excludes halogenated alkanes) is 1. The second kappa shape index (κ2) is 19.8. The minimum atomic E-state index is -0.985. The van der Waals surface area contributed by atoms with Crippen molar-refractivity contribution >= 4 is 41.3 Å². The highest BCUT2D eigenvalue weighted by Gasteiger charge is 2.31. The van der Waals surface area contributed by atoms with E-state index in [-0.39, 0.29) is 12.3 Å². The molecule has 0 fully saturated rings. The average Bonchev–Trinajstić information content (AvgIpc) is 2.96. The van der Waals surface area contributed by atoms with Crippen LogP contribution in [0.2, 0.25) is 0 Å². The highest BCUT2D eigenvalue weighted by atomic mass is 32.2. The predicted octanol–water partition coefficient (Wildman–Crippen LogP) is -0.459. The van der Waals surface area contributed by atoms with Gasteiger partial charge in [-0.2, -0.15) is 11.8 Å². The molecule has 1 rings (SSSR count). The fourth-order valence-electron chi connectivity index (χ4n) is 3.98. The van der Waals surface area contributed by atoms with Gasteiger partial charge in [0.15, 0.2) is 0 Å². The summed E-state index contributed by atoms with van der Waals surface area (Å²) in [5, 5.41) is 10.6. The maximum atomic E-state index is 13.5. The van der Waals surface area contributed by atoms with E-state index < -0.39 is 60.2 Å². The van der Waals surface area contributed by atoms with E-state index in [4.69, 9.17) is 17.2 Å². The Hall–Kier alpha value is -3.16. The van der Waals surface area contributed by atoms with E-state index in [9.17, 15) is 24.0 Å². The normalized spacial score (nSPS) is 14.6. The number of hydrogen-bond donors (Lipinski definition) is 7. The van der Waals surface area contributed by atoms with Crippen LogP contribution in [-0.4, -0.2) is 78.8 Å². The van der Waals surface area contributed by atoms with Crippen LogP contribution in [0.3, 0.4) is 0 Å². The monoisotopic (exact) mass is 593 g/mol. The minimum Gasteiger partial charge on any atom is -0.368 e. The van der Waals surface area contributed by atoms with Crippen LogP contribution >= 0.6 is 11.8 Å². The molecular formula is C28H47N7O5S. The largest absolute Gasteiger partial charge is 0.368 e. The van der Waals surface area contributed by atoms with Crippen LogP contribution in [-0.2, 0) is 30.4 Å². The van der Waals surface area contributed by atoms with Crippen LogP contribution in [0.5, 0.6) is 0 Å². The number of hydrogen-bond acceptors (Lipinski definition) is 8. The topological polar surface area (TPSA) is 212 Å². The van der Waals surface area contributed by atoms with Crippen LogP contribution < -0.4 is 38.5 Å². The average molecular weight is 594 g/mol. The molecular weight excluding hydrogens is 546 g/mol. The van der Waals surface area contributed by atoms with Crippen molar-refractivity contribution in [1.29, 1.82) is 0 Å². The minimum absolute atomic E-state index is 0.190. The highest BCUT2D eigenvalue weighted by Crippen LogP contribution is 2.11. The van der Waals surface area contributed by atoms with E-state index in [1.54, 1.807) is 6.92 Å². The molecule has 13 heteroatoms. The standard InChI is InChI=1S/C28H47N7O5S/c1-4-18(2)24(28(40)32-17-23(36)33-21(25(31)37)13-15-41-3)35-27(39)22(16-19-10-6-5-7-11-19)34-26(38)20(30)12-8-9-14-29/h5-7,10-11,18,20-22,24H,4,8-9,12-17,29-30H2,1-3H3,(H2,31,37)(H,32,40)(H,33,36)(H,34,38)(H,35,39)/t18-,20-,21-,22-,24-/m0/s1. The molecule has 230 valence electrons. The van der Waals surface area contributed by atoms with Gasteiger partial charge in [0.05, 0.1) is 12.6 Å². The van der Waals surface area contributed by atoms with Gasteiger partial charge in [0.25, 0.3) is 0 Å². The summed E-state index contributed by atoms with van der Waals surface area (Å²) in [6, 6.07) is 5.56. The van der Waals surface area contributed by atoms with E-state index in [1.165, 1.54) is 11.8 Å². The van der Waals surface area contributed by atoms with Gasteiger partial charge in [-0.05, 0) is 49.3 Å². The maximum absolute atomic E-state index is 13.5. The number of nitrogens with one attached hydrogen (secondary N) is 4. The van der Waals surface area contributed by atoms with E-state index in [2.05, 4.69) is 21.3 Å². The number of primary amides is 1. The maximum Gasteiger partial charge on any atom is 0.243 e. The third-order valence-corrected chi connectivity index (χ3v) is 7.37. The zero-order chi connectivity index (χ0) is 30.8. The second-order valence-corrected chi connectivity index (χ2v) is 11.0. The molecule has 0 heterocycles. The van der Waals surface area contributed by atoms with E-state index in [0.29, 0.717) is 38.0 Å². The van der Waals surface area contributed by atoms with Crippen LogP contribution in [0.15, 0.2) is 30.3 Å². The quantitative estimate of drug-likeness (QED) is 0.0981. The first kappa shape index (κ1) is 35.9. The van der Waals surface area contributed by atoms with Crippen LogP contribution in [0.25, 0.3) is 0 Å². The summed E-state index contributed by atoms with van der Waals surface area (Å²) in [6.45, 7) is 3.77. The van der Waals surface area contributed by atoms with Gasteiger partial charge in [-0.3, -0.25) is 24.0 Å². The number of amides is 5. The highest BCUT2D eigenvalue weighted by molar-refractivity contribution is 7.98. The van der Waals surface area contributed by atoms with Crippen molar-refractivity contribution in [2.45, 2.75) is 76.5 Å². The molecule has 0 aliphatic heterocycles. The molecule has 0 saturated heterocycles. The Balaban J connectivity index is 2.96. The van der Waals surface area contributed by atoms with Crippen molar-refractivity contribution in [3.8, 4) is 0 Å². The molecule has 0 spiro atoms. The number of carbonyl (C=O) groups excluding carboxylic acids is 5. The summed E-state index contributed by atoms with van der Waals surface area (Å²) < 4.78 is 0. The Morgan fingerprint density at radius 2 is 1.59 bits per heavy atom. The Kier molecular flexibility index (Phi) is 17.4. The second-order valence-electron chi connectivity index (χ2n) is 10.0. The number of carbonyl (C=O) groups is 5. The lowest BCUT2D eigenvalue weighted by atomic mass is 9.97. The van der Waals surface area contributed by atoms with E-state index >= 15 is 0 Å². The molecule has 10 N–H and O–H groups in total. The fourth-order valence-corrected chi connectivity index (χ4v) is 4.45. The molecule has 0 aliphatic rings. The Morgan fingerprint density at radius 3 is 2.17 bits per heavy atom. The third-order valence-electron chi connectivity index (χ3n) is 6.73. The van der Waals surface area contributed by atoms with Crippen LogP contribution in [0, 0.1) is 5.92 Å². The molecule has 0 bridgehead atoms. The van der Waals surface area contributed by atoms with Crippen LogP contribution in [0.1, 0.15) is 51.5 Å². The van der Waals surface area contributed by atoms with Crippen molar-refractivity contribution in [1.82, 2.24) is 21.3 Å². The number of rotatable bonds is 20. The summed E-state index contributed by atoms with van der Waals surface area (Å²) in [4.78, 5) is 63.4. The predicted molar refractivity (Wildman–Crippen MR) is 161 cm³/mol. The van der Waals surface area contributed by atoms with Crippen molar-refractivity contribution in [2.24, 2.45) is 23.1 Å². The molecule has 12 nitrogen and oxygen atoms in total. The first-order chi connectivity index (χ1) is 19.5. The third kappa shape index (κ3) is 13.8. The zero-order valence-electron chi connectivity index (χ0n) is 24.3. The Morgan fingerprint density at radius 1 is 0.902 bits per heavy atom. The van der Waals surface area contributed by atoms with Gasteiger partial charge in [0, 0.05) is 6.42 Å².